The van der Waals surface area contributed by atoms with E-state index in [0.717, 1.165) is 50.4 Å². The second-order valence-corrected chi connectivity index (χ2v) is 5.12. The first-order chi connectivity index (χ1) is 9.81. The van der Waals surface area contributed by atoms with Crippen molar-refractivity contribution in [2.75, 3.05) is 32.8 Å². The summed E-state index contributed by atoms with van der Waals surface area (Å²) in [4.78, 5) is 14.8. The maximum Gasteiger partial charge on any atom is 0.329 e. The molecule has 1 aliphatic heterocycles. The predicted octanol–water partition coefficient (Wildman–Crippen LogP) is 1.16. The number of aromatic nitrogens is 2. The van der Waals surface area contributed by atoms with Crippen molar-refractivity contribution in [3.05, 3.63) is 34.7 Å². The van der Waals surface area contributed by atoms with Gasteiger partial charge in [-0.3, -0.25) is 14.0 Å². The molecule has 0 aliphatic carbocycles. The number of rotatable bonds is 4. The summed E-state index contributed by atoms with van der Waals surface area (Å²) >= 11 is 0. The van der Waals surface area contributed by atoms with Crippen LogP contribution in [0.15, 0.2) is 29.1 Å². The Morgan fingerprint density at radius 3 is 2.35 bits per heavy atom. The molecule has 1 saturated heterocycles. The van der Waals surface area contributed by atoms with E-state index in [4.69, 9.17) is 4.74 Å². The van der Waals surface area contributed by atoms with Gasteiger partial charge < -0.3 is 4.74 Å². The number of para-hydroxylation sites is 2. The molecule has 2 heterocycles. The molecular weight excluding hydrogens is 254 g/mol. The minimum Gasteiger partial charge on any atom is -0.379 e. The Labute approximate surface area is 118 Å². The molecule has 1 fully saturated rings. The molecule has 108 valence electrons. The Morgan fingerprint density at radius 1 is 1.05 bits per heavy atom. The number of benzene rings is 1. The van der Waals surface area contributed by atoms with E-state index in [1.54, 1.807) is 0 Å². The van der Waals surface area contributed by atoms with Crippen LogP contribution < -0.4 is 5.69 Å². The van der Waals surface area contributed by atoms with E-state index in [0.29, 0.717) is 6.54 Å². The standard InChI is InChI=1S/C15H21N3O2/c1-2-17-13-5-3-4-6-14(13)18(15(17)19)8-7-16-9-11-20-12-10-16/h3-6H,2,7-12H2,1H3. The van der Waals surface area contributed by atoms with Gasteiger partial charge in [0.15, 0.2) is 0 Å². The molecule has 0 radical (unpaired) electrons. The van der Waals surface area contributed by atoms with Crippen molar-refractivity contribution < 1.29 is 4.74 Å². The van der Waals surface area contributed by atoms with Gasteiger partial charge in [0.25, 0.3) is 0 Å². The number of fused-ring (bicyclic) bond motifs is 1. The fraction of sp³-hybridized carbons (Fsp3) is 0.533. The quantitative estimate of drug-likeness (QED) is 0.840. The number of aryl methyl sites for hydroxylation is 1. The first kappa shape index (κ1) is 13.4. The molecule has 1 aliphatic rings. The third kappa shape index (κ3) is 2.39. The molecule has 2 aromatic rings. The first-order valence-corrected chi connectivity index (χ1v) is 7.29. The van der Waals surface area contributed by atoms with E-state index in [-0.39, 0.29) is 5.69 Å². The first-order valence-electron chi connectivity index (χ1n) is 7.29. The third-order valence-electron chi connectivity index (χ3n) is 3.98. The van der Waals surface area contributed by atoms with Crippen molar-refractivity contribution in [3.8, 4) is 0 Å². The number of morpholine rings is 1. The van der Waals surface area contributed by atoms with Gasteiger partial charge in [0, 0.05) is 32.7 Å². The maximum absolute atomic E-state index is 12.5. The Bertz CT molecular complexity index is 638. The monoisotopic (exact) mass is 275 g/mol. The predicted molar refractivity (Wildman–Crippen MR) is 79.1 cm³/mol. The summed E-state index contributed by atoms with van der Waals surface area (Å²) in [5.74, 6) is 0. The van der Waals surface area contributed by atoms with Crippen LogP contribution in [0.25, 0.3) is 11.0 Å². The van der Waals surface area contributed by atoms with Crippen LogP contribution in [0.4, 0.5) is 0 Å². The molecule has 0 saturated carbocycles. The topological polar surface area (TPSA) is 39.4 Å². The Balaban J connectivity index is 1.87. The van der Waals surface area contributed by atoms with Gasteiger partial charge in [-0.15, -0.1) is 0 Å². The van der Waals surface area contributed by atoms with Gasteiger partial charge in [-0.1, -0.05) is 12.1 Å². The molecule has 1 aromatic carbocycles. The molecule has 0 amide bonds. The maximum atomic E-state index is 12.5. The minimum absolute atomic E-state index is 0.0990. The highest BCUT2D eigenvalue weighted by atomic mass is 16.5. The lowest BCUT2D eigenvalue weighted by Gasteiger charge is -2.26. The third-order valence-corrected chi connectivity index (χ3v) is 3.98. The summed E-state index contributed by atoms with van der Waals surface area (Å²) in [6.45, 7) is 7.89. The number of imidazole rings is 1. The molecule has 1 aromatic heterocycles. The molecule has 0 bridgehead atoms. The fourth-order valence-electron chi connectivity index (χ4n) is 2.86. The Kier molecular flexibility index (Phi) is 3.89. The Hall–Kier alpha value is -1.59. The summed E-state index contributed by atoms with van der Waals surface area (Å²) < 4.78 is 9.09. The summed E-state index contributed by atoms with van der Waals surface area (Å²) in [5, 5.41) is 0. The fourth-order valence-corrected chi connectivity index (χ4v) is 2.86. The highest BCUT2D eigenvalue weighted by Crippen LogP contribution is 2.12. The molecule has 0 atom stereocenters. The van der Waals surface area contributed by atoms with Crippen molar-refractivity contribution in [1.82, 2.24) is 14.0 Å². The van der Waals surface area contributed by atoms with E-state index < -0.39 is 0 Å². The average Bonchev–Trinajstić information content (AvgIpc) is 2.77. The van der Waals surface area contributed by atoms with Crippen molar-refractivity contribution in [2.45, 2.75) is 20.0 Å². The second-order valence-electron chi connectivity index (χ2n) is 5.12. The van der Waals surface area contributed by atoms with Crippen LogP contribution in [-0.4, -0.2) is 46.9 Å². The van der Waals surface area contributed by atoms with Crippen molar-refractivity contribution in [3.63, 3.8) is 0 Å². The molecular formula is C15H21N3O2. The second kappa shape index (κ2) is 5.81. The molecule has 0 N–H and O–H groups in total. The Morgan fingerprint density at radius 2 is 1.70 bits per heavy atom. The van der Waals surface area contributed by atoms with Crippen LogP contribution >= 0.6 is 0 Å². The van der Waals surface area contributed by atoms with Gasteiger partial charge in [0.1, 0.15) is 0 Å². The highest BCUT2D eigenvalue weighted by Gasteiger charge is 2.14. The van der Waals surface area contributed by atoms with Crippen molar-refractivity contribution >= 4 is 11.0 Å². The lowest BCUT2D eigenvalue weighted by atomic mass is 10.3. The summed E-state index contributed by atoms with van der Waals surface area (Å²) in [5.41, 5.74) is 2.16. The van der Waals surface area contributed by atoms with Gasteiger partial charge in [-0.05, 0) is 19.1 Å². The molecule has 0 spiro atoms. The van der Waals surface area contributed by atoms with Gasteiger partial charge in [0.2, 0.25) is 0 Å². The zero-order chi connectivity index (χ0) is 13.9. The normalized spacial score (nSPS) is 16.9. The molecule has 5 nitrogen and oxygen atoms in total. The number of hydrogen-bond acceptors (Lipinski definition) is 3. The van der Waals surface area contributed by atoms with Crippen LogP contribution in [0.2, 0.25) is 0 Å². The molecule has 3 rings (SSSR count). The van der Waals surface area contributed by atoms with E-state index in [1.807, 2.05) is 40.3 Å². The van der Waals surface area contributed by atoms with Gasteiger partial charge in [0.05, 0.1) is 24.2 Å². The van der Waals surface area contributed by atoms with E-state index in [2.05, 4.69) is 4.90 Å². The summed E-state index contributed by atoms with van der Waals surface area (Å²) in [6.07, 6.45) is 0. The number of hydrogen-bond donors (Lipinski definition) is 0. The summed E-state index contributed by atoms with van der Waals surface area (Å²) in [7, 11) is 0. The molecule has 20 heavy (non-hydrogen) atoms. The average molecular weight is 275 g/mol. The van der Waals surface area contributed by atoms with Crippen molar-refractivity contribution in [2.24, 2.45) is 0 Å². The summed E-state index contributed by atoms with van der Waals surface area (Å²) in [6, 6.07) is 8.03. The van der Waals surface area contributed by atoms with Crippen LogP contribution in [0, 0.1) is 0 Å². The van der Waals surface area contributed by atoms with Crippen molar-refractivity contribution in [1.29, 1.82) is 0 Å². The van der Waals surface area contributed by atoms with Gasteiger partial charge >= 0.3 is 5.69 Å². The van der Waals surface area contributed by atoms with Crippen LogP contribution in [0.5, 0.6) is 0 Å². The largest absolute Gasteiger partial charge is 0.379 e. The number of ether oxygens (including phenoxy) is 1. The van der Waals surface area contributed by atoms with Gasteiger partial charge in [-0.25, -0.2) is 4.79 Å². The lowest BCUT2D eigenvalue weighted by molar-refractivity contribution is 0.0364. The smallest absolute Gasteiger partial charge is 0.329 e. The molecule has 0 unspecified atom stereocenters. The van der Waals surface area contributed by atoms with Crippen LogP contribution in [0.3, 0.4) is 0 Å². The van der Waals surface area contributed by atoms with E-state index in [1.165, 1.54) is 0 Å². The van der Waals surface area contributed by atoms with E-state index in [9.17, 15) is 4.79 Å². The van der Waals surface area contributed by atoms with Crippen LogP contribution in [0.1, 0.15) is 6.92 Å². The number of nitrogens with zero attached hydrogens (tertiary/aromatic N) is 3. The minimum atomic E-state index is 0.0990. The lowest BCUT2D eigenvalue weighted by Crippen LogP contribution is -2.39. The SMILES string of the molecule is CCn1c(=O)n(CCN2CCOCC2)c2ccccc21. The van der Waals surface area contributed by atoms with E-state index >= 15 is 0 Å². The van der Waals surface area contributed by atoms with Crippen LogP contribution in [-0.2, 0) is 17.8 Å². The zero-order valence-corrected chi connectivity index (χ0v) is 11.9. The van der Waals surface area contributed by atoms with Gasteiger partial charge in [-0.2, -0.15) is 0 Å². The molecule has 5 heteroatoms. The highest BCUT2D eigenvalue weighted by molar-refractivity contribution is 5.75. The zero-order valence-electron chi connectivity index (χ0n) is 11.9.